The van der Waals surface area contributed by atoms with E-state index in [1.165, 1.54) is 0 Å². The van der Waals surface area contributed by atoms with Crippen LogP contribution in [-0.4, -0.2) is 44.2 Å². The van der Waals surface area contributed by atoms with Gasteiger partial charge in [-0.15, -0.1) is 0 Å². The van der Waals surface area contributed by atoms with Gasteiger partial charge in [0.05, 0.1) is 18.1 Å². The van der Waals surface area contributed by atoms with E-state index in [0.29, 0.717) is 24.7 Å². The minimum atomic E-state index is 0.108. The van der Waals surface area contributed by atoms with E-state index in [0.717, 1.165) is 35.9 Å². The fourth-order valence-electron chi connectivity index (χ4n) is 3.26. The largest absolute Gasteiger partial charge is 0.342 e. The van der Waals surface area contributed by atoms with E-state index in [1.807, 2.05) is 17.0 Å². The van der Waals surface area contributed by atoms with Gasteiger partial charge in [0.25, 0.3) is 0 Å². The summed E-state index contributed by atoms with van der Waals surface area (Å²) in [4.78, 5) is 18.0. The number of H-pyrrole nitrogens is 1. The van der Waals surface area contributed by atoms with E-state index < -0.39 is 0 Å². The van der Waals surface area contributed by atoms with Crippen LogP contribution in [0.15, 0.2) is 28.9 Å². The van der Waals surface area contributed by atoms with Crippen LogP contribution in [-0.2, 0) is 11.2 Å². The number of nitrogens with one attached hydrogen (secondary N) is 1. The summed E-state index contributed by atoms with van der Waals surface area (Å²) >= 11 is 0. The Morgan fingerprint density at radius 3 is 3.25 bits per heavy atom. The van der Waals surface area contributed by atoms with Crippen molar-refractivity contribution in [1.82, 2.24) is 25.2 Å². The predicted octanol–water partition coefficient (Wildman–Crippen LogP) is 2.26. The van der Waals surface area contributed by atoms with Gasteiger partial charge in [-0.1, -0.05) is 11.2 Å². The molecule has 1 aliphatic heterocycles. The van der Waals surface area contributed by atoms with Gasteiger partial charge in [-0.25, -0.2) is 0 Å². The van der Waals surface area contributed by atoms with Crippen LogP contribution in [0.3, 0.4) is 0 Å². The number of rotatable bonds is 3. The quantitative estimate of drug-likeness (QED) is 0.798. The van der Waals surface area contributed by atoms with Crippen LogP contribution in [0.1, 0.15) is 43.0 Å². The Morgan fingerprint density at radius 1 is 1.46 bits per heavy atom. The summed E-state index contributed by atoms with van der Waals surface area (Å²) in [7, 11) is 0. The van der Waals surface area contributed by atoms with Crippen molar-refractivity contribution >= 4 is 16.8 Å². The van der Waals surface area contributed by atoms with Crippen molar-refractivity contribution in [2.75, 3.05) is 13.1 Å². The minimum Gasteiger partial charge on any atom is -0.342 e. The molecule has 1 fully saturated rings. The van der Waals surface area contributed by atoms with Gasteiger partial charge in [0, 0.05) is 31.3 Å². The molecule has 0 bridgehead atoms. The monoisotopic (exact) mass is 325 g/mol. The number of fused-ring (bicyclic) bond motifs is 1. The number of hydrogen-bond donors (Lipinski definition) is 1. The molecule has 2 aromatic heterocycles. The summed E-state index contributed by atoms with van der Waals surface area (Å²) in [5.74, 6) is 1.58. The van der Waals surface area contributed by atoms with Gasteiger partial charge < -0.3 is 9.42 Å². The summed E-state index contributed by atoms with van der Waals surface area (Å²) in [6, 6.07) is 6.10. The molecule has 7 nitrogen and oxygen atoms in total. The van der Waals surface area contributed by atoms with Crippen LogP contribution >= 0.6 is 0 Å². The molecule has 1 aliphatic rings. The summed E-state index contributed by atoms with van der Waals surface area (Å²) < 4.78 is 5.42. The average Bonchev–Trinajstić information content (AvgIpc) is 3.24. The molecule has 24 heavy (non-hydrogen) atoms. The van der Waals surface area contributed by atoms with Crippen LogP contribution < -0.4 is 0 Å². The maximum atomic E-state index is 11.6. The third-order valence-corrected chi connectivity index (χ3v) is 4.58. The van der Waals surface area contributed by atoms with E-state index in [9.17, 15) is 4.79 Å². The second kappa shape index (κ2) is 6.07. The Morgan fingerprint density at radius 2 is 2.38 bits per heavy atom. The van der Waals surface area contributed by atoms with Crippen molar-refractivity contribution in [1.29, 1.82) is 0 Å². The molecule has 0 saturated carbocycles. The van der Waals surface area contributed by atoms with Gasteiger partial charge in [0.15, 0.2) is 5.82 Å². The summed E-state index contributed by atoms with van der Waals surface area (Å²) in [5.41, 5.74) is 2.12. The van der Waals surface area contributed by atoms with Gasteiger partial charge in [0.2, 0.25) is 11.8 Å². The third kappa shape index (κ3) is 2.89. The molecule has 3 heterocycles. The Bertz CT molecular complexity index is 869. The van der Waals surface area contributed by atoms with E-state index in [-0.39, 0.29) is 11.8 Å². The summed E-state index contributed by atoms with van der Waals surface area (Å²) in [5, 5.41) is 12.2. The van der Waals surface area contributed by atoms with Gasteiger partial charge in [-0.2, -0.15) is 10.1 Å². The maximum absolute atomic E-state index is 11.6. The molecule has 0 aliphatic carbocycles. The standard InChI is InChI=1S/C17H19N5O2/c1-11(23)22-6-2-3-13(10-22)17-19-16(24-21-17)8-12-4-5-15-14(7-12)9-18-20-15/h4-5,7,9,13H,2-3,6,8,10H2,1H3,(H,18,20). The van der Waals surface area contributed by atoms with Crippen molar-refractivity contribution in [2.45, 2.75) is 32.1 Å². The molecule has 1 N–H and O–H groups in total. The van der Waals surface area contributed by atoms with Gasteiger partial charge in [0.1, 0.15) is 0 Å². The SMILES string of the molecule is CC(=O)N1CCCC(c2noc(Cc3ccc4[nH]ncc4c3)n2)C1. The van der Waals surface area contributed by atoms with Crippen molar-refractivity contribution in [2.24, 2.45) is 0 Å². The van der Waals surface area contributed by atoms with Crippen molar-refractivity contribution in [3.8, 4) is 0 Å². The predicted molar refractivity (Wildman–Crippen MR) is 87.4 cm³/mol. The van der Waals surface area contributed by atoms with Crippen LogP contribution in [0, 0.1) is 0 Å². The van der Waals surface area contributed by atoms with Crippen molar-refractivity contribution < 1.29 is 9.32 Å². The van der Waals surface area contributed by atoms with Crippen LogP contribution in [0.2, 0.25) is 0 Å². The highest BCUT2D eigenvalue weighted by Crippen LogP contribution is 2.25. The van der Waals surface area contributed by atoms with Crippen molar-refractivity contribution in [3.63, 3.8) is 0 Å². The lowest BCUT2D eigenvalue weighted by Crippen LogP contribution is -2.37. The van der Waals surface area contributed by atoms with E-state index in [4.69, 9.17) is 4.52 Å². The third-order valence-electron chi connectivity index (χ3n) is 4.58. The summed E-state index contributed by atoms with van der Waals surface area (Å²) in [6.07, 6.45) is 4.36. The fourth-order valence-corrected chi connectivity index (χ4v) is 3.26. The number of nitrogens with zero attached hydrogens (tertiary/aromatic N) is 4. The number of carbonyl (C=O) groups excluding carboxylic acids is 1. The number of aromatic nitrogens is 4. The molecule has 1 aromatic carbocycles. The Kier molecular flexibility index (Phi) is 3.76. The van der Waals surface area contributed by atoms with E-state index >= 15 is 0 Å². The minimum absolute atomic E-state index is 0.108. The highest BCUT2D eigenvalue weighted by atomic mass is 16.5. The molecule has 7 heteroatoms. The number of amides is 1. The Balaban J connectivity index is 1.49. The zero-order valence-corrected chi connectivity index (χ0v) is 13.5. The lowest BCUT2D eigenvalue weighted by atomic mass is 9.97. The topological polar surface area (TPSA) is 87.9 Å². The number of aromatic amines is 1. The van der Waals surface area contributed by atoms with Crippen molar-refractivity contribution in [3.05, 3.63) is 41.7 Å². The molecule has 1 atom stereocenters. The lowest BCUT2D eigenvalue weighted by Gasteiger charge is -2.30. The number of carbonyl (C=O) groups is 1. The van der Waals surface area contributed by atoms with Gasteiger partial charge in [-0.05, 0) is 30.5 Å². The first-order valence-electron chi connectivity index (χ1n) is 8.19. The molecule has 1 saturated heterocycles. The summed E-state index contributed by atoms with van der Waals surface area (Å²) in [6.45, 7) is 3.10. The highest BCUT2D eigenvalue weighted by Gasteiger charge is 2.26. The molecule has 1 unspecified atom stereocenters. The fraction of sp³-hybridized carbons (Fsp3) is 0.412. The van der Waals surface area contributed by atoms with Crippen LogP contribution in [0.4, 0.5) is 0 Å². The maximum Gasteiger partial charge on any atom is 0.231 e. The first-order valence-corrected chi connectivity index (χ1v) is 8.19. The molecule has 124 valence electrons. The number of benzene rings is 1. The molecule has 0 radical (unpaired) electrons. The molecule has 1 amide bonds. The first-order chi connectivity index (χ1) is 11.7. The molecule has 0 spiro atoms. The molecular formula is C17H19N5O2. The van der Waals surface area contributed by atoms with Gasteiger partial charge >= 0.3 is 0 Å². The molecule has 3 aromatic rings. The zero-order chi connectivity index (χ0) is 16.5. The average molecular weight is 325 g/mol. The van der Waals surface area contributed by atoms with Crippen LogP contribution in [0.25, 0.3) is 10.9 Å². The van der Waals surface area contributed by atoms with Gasteiger partial charge in [-0.3, -0.25) is 9.89 Å². The second-order valence-corrected chi connectivity index (χ2v) is 6.32. The van der Waals surface area contributed by atoms with Crippen LogP contribution in [0.5, 0.6) is 0 Å². The zero-order valence-electron chi connectivity index (χ0n) is 13.5. The van der Waals surface area contributed by atoms with E-state index in [1.54, 1.807) is 13.1 Å². The molecular weight excluding hydrogens is 306 g/mol. The highest BCUT2D eigenvalue weighted by molar-refractivity contribution is 5.78. The number of hydrogen-bond acceptors (Lipinski definition) is 5. The number of piperidine rings is 1. The Labute approximate surface area is 139 Å². The smallest absolute Gasteiger partial charge is 0.231 e. The normalized spacial score (nSPS) is 18.2. The number of likely N-dealkylation sites (tertiary alicyclic amines) is 1. The second-order valence-electron chi connectivity index (χ2n) is 6.32. The molecule has 4 rings (SSSR count). The lowest BCUT2D eigenvalue weighted by molar-refractivity contribution is -0.130. The Hall–Kier alpha value is -2.70. The first kappa shape index (κ1) is 14.9. The van der Waals surface area contributed by atoms with E-state index in [2.05, 4.69) is 26.4 Å².